The minimum Gasteiger partial charge on any atom is -0.184 e. The minimum absolute atomic E-state index is 0.167. The van der Waals surface area contributed by atoms with Crippen LogP contribution in [0, 0.1) is 36.5 Å². The second-order valence-electron chi connectivity index (χ2n) is 14.2. The van der Waals surface area contributed by atoms with Gasteiger partial charge in [-0.1, -0.05) is 124 Å². The largest absolute Gasteiger partial charge is 0.184 e. The zero-order valence-electron chi connectivity index (χ0n) is 30.0. The van der Waals surface area contributed by atoms with Crippen LogP contribution in [0.4, 0.5) is 0 Å². The molecule has 0 spiro atoms. The number of fused-ring (bicyclic) bond motifs is 3. The molecule has 0 N–H and O–H groups in total. The molecule has 1 heteroatoms. The molecule has 3 aromatic carbocycles. The number of hydrogen-bond donors (Lipinski definition) is 0. The fourth-order valence-corrected chi connectivity index (χ4v) is 5.23. The molecule has 0 nitrogen and oxygen atoms in total. The van der Waals surface area contributed by atoms with E-state index in [1.807, 2.05) is 30.3 Å². The summed E-state index contributed by atoms with van der Waals surface area (Å²) in [5, 5.41) is 0. The van der Waals surface area contributed by atoms with E-state index in [1.54, 1.807) is 6.92 Å². The fraction of sp³-hybridized carbons (Fsp3) is 0.442. The average Bonchev–Trinajstić information content (AvgIpc) is 3.61. The van der Waals surface area contributed by atoms with Gasteiger partial charge < -0.3 is 6.92 Å². The molecule has 2 aliphatic carbocycles. The van der Waals surface area contributed by atoms with E-state index in [9.17, 15) is 0 Å². The Morgan fingerprint density at radius 1 is 0.795 bits per heavy atom. The van der Waals surface area contributed by atoms with E-state index in [4.69, 9.17) is 0 Å². The molecule has 0 amide bonds. The number of hydrogen-bond acceptors (Lipinski definition) is 0. The molecule has 44 heavy (non-hydrogen) atoms. The van der Waals surface area contributed by atoms with Crippen molar-refractivity contribution in [1.82, 2.24) is 0 Å². The van der Waals surface area contributed by atoms with Gasteiger partial charge in [0, 0.05) is 0 Å². The topological polar surface area (TPSA) is 0 Å². The predicted octanol–water partition coefficient (Wildman–Crippen LogP) is 12.1. The second kappa shape index (κ2) is 18.1. The summed E-state index contributed by atoms with van der Waals surface area (Å²) in [7, 11) is 0. The van der Waals surface area contributed by atoms with Gasteiger partial charge in [0.25, 0.3) is 0 Å². The van der Waals surface area contributed by atoms with E-state index < -0.39 is 0 Å². The van der Waals surface area contributed by atoms with Crippen molar-refractivity contribution in [2.45, 2.75) is 113 Å². The number of benzene rings is 3. The summed E-state index contributed by atoms with van der Waals surface area (Å²) in [5.41, 5.74) is 12.0. The Labute approximate surface area is 287 Å². The van der Waals surface area contributed by atoms with Crippen LogP contribution < -0.4 is 0 Å². The monoisotopic (exact) mass is 664 g/mol. The zero-order chi connectivity index (χ0) is 33.7. The predicted molar refractivity (Wildman–Crippen MR) is 193 cm³/mol. The summed E-state index contributed by atoms with van der Waals surface area (Å²) < 4.78 is 3.34. The van der Waals surface area contributed by atoms with Crippen LogP contribution in [0.1, 0.15) is 118 Å². The average molecular weight is 666 g/mol. The molecule has 0 radical (unpaired) electrons. The van der Waals surface area contributed by atoms with Crippen molar-refractivity contribution in [3.8, 4) is 11.1 Å². The first-order valence-corrected chi connectivity index (χ1v) is 17.9. The Hall–Kier alpha value is -2.11. The molecule has 0 saturated heterocycles. The smallest absolute Gasteiger partial charge is 0.171 e. The van der Waals surface area contributed by atoms with E-state index in [1.165, 1.54) is 75.2 Å². The SMILES string of the molecule is CC(C)(C)c1[c-]c2c(cc1)-c1ccc(C(C)(C)C)cc1C2.CCC1=[C-]C(CC)C=C1C(C)(C)C.[CH2-]C.[CH2]=[Zr].[c-]1ccccc1. The van der Waals surface area contributed by atoms with Crippen LogP contribution in [-0.2, 0) is 41.5 Å². The standard InChI is InChI=1S/C21H25.C13H21.C6H5.C2H5.CH2.Zr/c1-20(2,3)16-7-9-18-14(12-16)11-15-13-17(21(4,5)6)8-10-19(15)18;1-6-10-8-11(7-2)12(9-10)13(3,4)5;1-2-4-6-5-3-1;1-2;;/h7-10,12H,11H2,1-6H3;9-10H,6-7H2,1-5H3;1-5H;1H2,2H3;1H2;/q4*-1;;. The normalized spacial score (nSPS) is 14.8. The Balaban J connectivity index is 0.000000357. The maximum Gasteiger partial charge on any atom is -0.171 e. The maximum atomic E-state index is 3.67. The van der Waals surface area contributed by atoms with Gasteiger partial charge in [-0.3, -0.25) is 6.08 Å². The molecule has 3 aromatic rings. The van der Waals surface area contributed by atoms with Gasteiger partial charge in [-0.25, -0.2) is 5.57 Å². The van der Waals surface area contributed by atoms with Gasteiger partial charge in [0.05, 0.1) is 0 Å². The van der Waals surface area contributed by atoms with Crippen LogP contribution in [-0.4, -0.2) is 4.21 Å². The van der Waals surface area contributed by atoms with Crippen molar-refractivity contribution in [1.29, 1.82) is 0 Å². The summed E-state index contributed by atoms with van der Waals surface area (Å²) in [6.45, 7) is 29.9. The third-order valence-corrected chi connectivity index (χ3v) is 7.73. The zero-order valence-corrected chi connectivity index (χ0v) is 32.4. The summed E-state index contributed by atoms with van der Waals surface area (Å²) >= 11 is 1.30. The first kappa shape index (κ1) is 39.9. The van der Waals surface area contributed by atoms with E-state index in [2.05, 4.69) is 142 Å². The van der Waals surface area contributed by atoms with E-state index in [-0.39, 0.29) is 10.8 Å². The summed E-state index contributed by atoms with van der Waals surface area (Å²) in [6, 6.07) is 27.7. The molecular weight excluding hydrogens is 608 g/mol. The third kappa shape index (κ3) is 11.7. The maximum absolute atomic E-state index is 3.67. The van der Waals surface area contributed by atoms with Gasteiger partial charge in [0.1, 0.15) is 0 Å². The number of allylic oxidation sites excluding steroid dienone is 4. The van der Waals surface area contributed by atoms with Gasteiger partial charge >= 0.3 is 28.4 Å². The van der Waals surface area contributed by atoms with Gasteiger partial charge in [-0.2, -0.15) is 78.7 Å². The summed E-state index contributed by atoms with van der Waals surface area (Å²) in [4.78, 5) is 0. The van der Waals surface area contributed by atoms with Crippen LogP contribution in [0.15, 0.2) is 77.9 Å². The molecule has 238 valence electrons. The minimum atomic E-state index is 0.167. The molecule has 1 atom stereocenters. The van der Waals surface area contributed by atoms with Gasteiger partial charge in [-0.05, 0) is 28.4 Å². The van der Waals surface area contributed by atoms with Crippen LogP contribution in [0.2, 0.25) is 0 Å². The van der Waals surface area contributed by atoms with Crippen molar-refractivity contribution in [2.24, 2.45) is 11.3 Å². The van der Waals surface area contributed by atoms with Crippen molar-refractivity contribution >= 4 is 4.21 Å². The molecule has 0 heterocycles. The van der Waals surface area contributed by atoms with Crippen LogP contribution in [0.3, 0.4) is 0 Å². The van der Waals surface area contributed by atoms with E-state index in [0.717, 1.165) is 12.8 Å². The fourth-order valence-electron chi connectivity index (χ4n) is 5.23. The summed E-state index contributed by atoms with van der Waals surface area (Å²) in [6.07, 6.45) is 9.31. The molecule has 0 bridgehead atoms. The van der Waals surface area contributed by atoms with Gasteiger partial charge in [0.15, 0.2) is 0 Å². The Kier molecular flexibility index (Phi) is 16.5. The Morgan fingerprint density at radius 3 is 1.80 bits per heavy atom. The quantitative estimate of drug-likeness (QED) is 0.187. The molecule has 1 unspecified atom stereocenters. The molecule has 0 aliphatic heterocycles. The van der Waals surface area contributed by atoms with Crippen molar-refractivity contribution in [3.05, 3.63) is 125 Å². The summed E-state index contributed by atoms with van der Waals surface area (Å²) in [5.74, 6) is 0.573. The molecule has 2 aliphatic rings. The van der Waals surface area contributed by atoms with Gasteiger partial charge in [0.2, 0.25) is 0 Å². The first-order chi connectivity index (χ1) is 20.6. The van der Waals surface area contributed by atoms with Crippen LogP contribution >= 0.6 is 0 Å². The first-order valence-electron chi connectivity index (χ1n) is 16.2. The second-order valence-corrected chi connectivity index (χ2v) is 14.2. The molecule has 0 fully saturated rings. The van der Waals surface area contributed by atoms with Crippen LogP contribution in [0.25, 0.3) is 11.1 Å². The molecular formula is C43H58Zr-4. The van der Waals surface area contributed by atoms with Crippen molar-refractivity contribution in [3.63, 3.8) is 0 Å². The van der Waals surface area contributed by atoms with Crippen molar-refractivity contribution in [2.75, 3.05) is 0 Å². The van der Waals surface area contributed by atoms with Crippen LogP contribution in [0.5, 0.6) is 0 Å². The third-order valence-electron chi connectivity index (χ3n) is 7.73. The Bertz CT molecular complexity index is 1250. The van der Waals surface area contributed by atoms with Gasteiger partial charge in [-0.15, -0.1) is 11.1 Å². The molecule has 5 rings (SSSR count). The Morgan fingerprint density at radius 2 is 1.39 bits per heavy atom. The van der Waals surface area contributed by atoms with Crippen molar-refractivity contribution < 1.29 is 24.2 Å². The number of rotatable bonds is 2. The molecule has 0 saturated carbocycles. The van der Waals surface area contributed by atoms with E-state index >= 15 is 0 Å². The van der Waals surface area contributed by atoms with E-state index in [0.29, 0.717) is 11.3 Å². The molecule has 0 aromatic heterocycles.